The molecular formula is C19H20N2O4. The van der Waals surface area contributed by atoms with Crippen LogP contribution in [0.3, 0.4) is 0 Å². The fraction of sp³-hybridized carbons (Fsp3) is 0.263. The Balaban J connectivity index is 1.78. The van der Waals surface area contributed by atoms with Crippen LogP contribution in [-0.4, -0.2) is 26.2 Å². The van der Waals surface area contributed by atoms with Gasteiger partial charge in [-0.2, -0.15) is 5.26 Å². The average Bonchev–Trinajstić information content (AvgIpc) is 2.64. The molecule has 2 rings (SSSR count). The van der Waals surface area contributed by atoms with E-state index in [0.717, 1.165) is 5.56 Å². The van der Waals surface area contributed by atoms with Crippen LogP contribution in [0.5, 0.6) is 17.2 Å². The van der Waals surface area contributed by atoms with Crippen molar-refractivity contribution in [1.82, 2.24) is 5.32 Å². The monoisotopic (exact) mass is 340 g/mol. The minimum absolute atomic E-state index is 0.142. The van der Waals surface area contributed by atoms with E-state index >= 15 is 0 Å². The number of nitrogens with one attached hydrogen (secondary N) is 1. The first kappa shape index (κ1) is 18.1. The van der Waals surface area contributed by atoms with E-state index in [0.29, 0.717) is 37.0 Å². The van der Waals surface area contributed by atoms with Crippen LogP contribution in [0.2, 0.25) is 0 Å². The molecule has 0 saturated carbocycles. The van der Waals surface area contributed by atoms with Crippen molar-refractivity contribution in [2.45, 2.75) is 13.0 Å². The van der Waals surface area contributed by atoms with Crippen molar-refractivity contribution in [2.75, 3.05) is 20.3 Å². The highest BCUT2D eigenvalue weighted by molar-refractivity contribution is 5.77. The van der Waals surface area contributed by atoms with Gasteiger partial charge in [-0.3, -0.25) is 4.79 Å². The molecule has 0 atom stereocenters. The summed E-state index contributed by atoms with van der Waals surface area (Å²) >= 11 is 0. The molecule has 2 aromatic carbocycles. The maximum atomic E-state index is 11.3. The van der Waals surface area contributed by atoms with E-state index in [1.54, 1.807) is 7.11 Å². The van der Waals surface area contributed by atoms with Gasteiger partial charge in [0.1, 0.15) is 25.4 Å². The molecule has 0 aromatic heterocycles. The lowest BCUT2D eigenvalue weighted by atomic mass is 10.2. The SMILES string of the molecule is COc1ccccc1OCCOc1cccc(CNC(=O)CC#N)c1. The van der Waals surface area contributed by atoms with Gasteiger partial charge in [-0.15, -0.1) is 0 Å². The number of methoxy groups -OCH3 is 1. The molecule has 0 unspecified atom stereocenters. The molecule has 0 aliphatic heterocycles. The number of hydrogen-bond donors (Lipinski definition) is 1. The molecule has 130 valence electrons. The number of amides is 1. The fourth-order valence-corrected chi connectivity index (χ4v) is 2.13. The van der Waals surface area contributed by atoms with E-state index in [4.69, 9.17) is 19.5 Å². The Bertz CT molecular complexity index is 740. The lowest BCUT2D eigenvalue weighted by Gasteiger charge is -2.11. The number of nitriles is 1. The minimum Gasteiger partial charge on any atom is -0.493 e. The van der Waals surface area contributed by atoms with Crippen LogP contribution < -0.4 is 19.5 Å². The maximum Gasteiger partial charge on any atom is 0.234 e. The average molecular weight is 340 g/mol. The van der Waals surface area contributed by atoms with Crippen LogP contribution in [0.25, 0.3) is 0 Å². The second-order valence-corrected chi connectivity index (χ2v) is 5.11. The maximum absolute atomic E-state index is 11.3. The number of rotatable bonds is 9. The van der Waals surface area contributed by atoms with Gasteiger partial charge in [0.25, 0.3) is 0 Å². The summed E-state index contributed by atoms with van der Waals surface area (Å²) in [5.41, 5.74) is 0.898. The number of hydrogen-bond acceptors (Lipinski definition) is 5. The van der Waals surface area contributed by atoms with Gasteiger partial charge < -0.3 is 19.5 Å². The Hall–Kier alpha value is -3.20. The van der Waals surface area contributed by atoms with Gasteiger partial charge in [0.05, 0.1) is 13.2 Å². The summed E-state index contributed by atoms with van der Waals surface area (Å²) in [5.74, 6) is 1.75. The molecule has 6 heteroatoms. The molecule has 0 fully saturated rings. The largest absolute Gasteiger partial charge is 0.493 e. The van der Waals surface area contributed by atoms with Gasteiger partial charge in [-0.05, 0) is 29.8 Å². The van der Waals surface area contributed by atoms with E-state index in [-0.39, 0.29) is 12.3 Å². The molecule has 0 saturated heterocycles. The van der Waals surface area contributed by atoms with Crippen molar-refractivity contribution in [3.05, 3.63) is 54.1 Å². The first-order valence-electron chi connectivity index (χ1n) is 7.84. The molecule has 2 aromatic rings. The summed E-state index contributed by atoms with van der Waals surface area (Å²) in [7, 11) is 1.60. The zero-order valence-corrected chi connectivity index (χ0v) is 14.0. The van der Waals surface area contributed by atoms with Gasteiger partial charge in [0.2, 0.25) is 5.91 Å². The van der Waals surface area contributed by atoms with Gasteiger partial charge in [0.15, 0.2) is 11.5 Å². The van der Waals surface area contributed by atoms with Crippen molar-refractivity contribution in [3.63, 3.8) is 0 Å². The first-order chi connectivity index (χ1) is 12.2. The fourth-order valence-electron chi connectivity index (χ4n) is 2.13. The van der Waals surface area contributed by atoms with Gasteiger partial charge in [0, 0.05) is 6.54 Å². The van der Waals surface area contributed by atoms with Crippen LogP contribution >= 0.6 is 0 Å². The topological polar surface area (TPSA) is 80.6 Å². The lowest BCUT2D eigenvalue weighted by molar-refractivity contribution is -0.120. The molecule has 0 aliphatic rings. The van der Waals surface area contributed by atoms with Crippen molar-refractivity contribution in [3.8, 4) is 23.3 Å². The zero-order valence-electron chi connectivity index (χ0n) is 14.0. The molecule has 1 N–H and O–H groups in total. The first-order valence-corrected chi connectivity index (χ1v) is 7.84. The van der Waals surface area contributed by atoms with Gasteiger partial charge >= 0.3 is 0 Å². The third-order valence-electron chi connectivity index (χ3n) is 3.31. The standard InChI is InChI=1S/C19H20N2O4/c1-23-17-7-2-3-8-18(17)25-12-11-24-16-6-4-5-15(13-16)14-21-19(22)9-10-20/h2-8,13H,9,11-12,14H2,1H3,(H,21,22). The Labute approximate surface area is 146 Å². The van der Waals surface area contributed by atoms with E-state index in [2.05, 4.69) is 5.32 Å². The number of carbonyl (C=O) groups excluding carboxylic acids is 1. The Morgan fingerprint density at radius 1 is 1.08 bits per heavy atom. The normalized spacial score (nSPS) is 9.76. The van der Waals surface area contributed by atoms with Crippen LogP contribution in [0, 0.1) is 11.3 Å². The van der Waals surface area contributed by atoms with Crippen molar-refractivity contribution in [2.24, 2.45) is 0 Å². The number of ether oxygens (including phenoxy) is 3. The molecule has 6 nitrogen and oxygen atoms in total. The van der Waals surface area contributed by atoms with Crippen LogP contribution in [0.15, 0.2) is 48.5 Å². The van der Waals surface area contributed by atoms with Gasteiger partial charge in [-0.1, -0.05) is 24.3 Å². The van der Waals surface area contributed by atoms with E-state index in [1.807, 2.05) is 54.6 Å². The highest BCUT2D eigenvalue weighted by Crippen LogP contribution is 2.25. The predicted octanol–water partition coefficient (Wildman–Crippen LogP) is 2.68. The molecular weight excluding hydrogens is 320 g/mol. The smallest absolute Gasteiger partial charge is 0.234 e. The number of nitrogens with zero attached hydrogens (tertiary/aromatic N) is 1. The zero-order chi connectivity index (χ0) is 17.9. The van der Waals surface area contributed by atoms with Gasteiger partial charge in [-0.25, -0.2) is 0 Å². The quantitative estimate of drug-likeness (QED) is 0.710. The lowest BCUT2D eigenvalue weighted by Crippen LogP contribution is -2.21. The van der Waals surface area contributed by atoms with E-state index in [1.165, 1.54) is 0 Å². The number of benzene rings is 2. The Morgan fingerprint density at radius 2 is 1.84 bits per heavy atom. The highest BCUT2D eigenvalue weighted by atomic mass is 16.5. The summed E-state index contributed by atoms with van der Waals surface area (Å²) in [5, 5.41) is 11.1. The minimum atomic E-state index is -0.293. The van der Waals surface area contributed by atoms with E-state index < -0.39 is 0 Å². The molecule has 25 heavy (non-hydrogen) atoms. The summed E-state index contributed by atoms with van der Waals surface area (Å²) in [6.45, 7) is 1.11. The summed E-state index contributed by atoms with van der Waals surface area (Å²) in [6, 6.07) is 16.6. The summed E-state index contributed by atoms with van der Waals surface area (Å²) in [6.07, 6.45) is -0.142. The van der Waals surface area contributed by atoms with Crippen LogP contribution in [0.1, 0.15) is 12.0 Å². The molecule has 0 aliphatic carbocycles. The highest BCUT2D eigenvalue weighted by Gasteiger charge is 2.04. The third kappa shape index (κ3) is 6.07. The van der Waals surface area contributed by atoms with Crippen LogP contribution in [-0.2, 0) is 11.3 Å². The molecule has 0 spiro atoms. The summed E-state index contributed by atoms with van der Waals surface area (Å²) in [4.78, 5) is 11.3. The van der Waals surface area contributed by atoms with Crippen molar-refractivity contribution >= 4 is 5.91 Å². The molecule has 0 heterocycles. The second kappa shape index (κ2) is 9.83. The molecule has 0 bridgehead atoms. The van der Waals surface area contributed by atoms with Crippen molar-refractivity contribution in [1.29, 1.82) is 5.26 Å². The number of para-hydroxylation sites is 2. The Kier molecular flexibility index (Phi) is 7.13. The van der Waals surface area contributed by atoms with E-state index in [9.17, 15) is 4.79 Å². The van der Waals surface area contributed by atoms with Crippen LogP contribution in [0.4, 0.5) is 0 Å². The Morgan fingerprint density at radius 3 is 2.60 bits per heavy atom. The number of carbonyl (C=O) groups is 1. The van der Waals surface area contributed by atoms with Crippen molar-refractivity contribution < 1.29 is 19.0 Å². The summed E-state index contributed by atoms with van der Waals surface area (Å²) < 4.78 is 16.5. The molecule has 0 radical (unpaired) electrons. The second-order valence-electron chi connectivity index (χ2n) is 5.11. The predicted molar refractivity (Wildman–Crippen MR) is 92.5 cm³/mol. The molecule has 1 amide bonds. The third-order valence-corrected chi connectivity index (χ3v) is 3.31.